The molecule has 3 rings (SSSR count). The molecular weight excluding hydrogens is 288 g/mol. The molecule has 3 amide bonds. The van der Waals surface area contributed by atoms with E-state index >= 15 is 0 Å². The molecule has 0 atom stereocenters. The lowest BCUT2D eigenvalue weighted by Gasteiger charge is -2.09. The van der Waals surface area contributed by atoms with Crippen molar-refractivity contribution in [3.8, 4) is 17.2 Å². The Balaban J connectivity index is 1.95. The first-order valence-electron chi connectivity index (χ1n) is 6.96. The molecular formula is C15H16N2O5. The molecule has 7 nitrogen and oxygen atoms in total. The van der Waals surface area contributed by atoms with E-state index in [9.17, 15) is 9.59 Å². The number of nitrogens with one attached hydrogen (secondary N) is 1. The summed E-state index contributed by atoms with van der Waals surface area (Å²) in [5, 5.41) is 2.58. The van der Waals surface area contributed by atoms with Crippen LogP contribution in [0.1, 0.15) is 18.9 Å². The van der Waals surface area contributed by atoms with Gasteiger partial charge >= 0.3 is 6.03 Å². The summed E-state index contributed by atoms with van der Waals surface area (Å²) in [7, 11) is 1.53. The van der Waals surface area contributed by atoms with Gasteiger partial charge in [-0.2, -0.15) is 0 Å². The monoisotopic (exact) mass is 304 g/mol. The number of hydrogen-bond acceptors (Lipinski definition) is 5. The van der Waals surface area contributed by atoms with Gasteiger partial charge in [-0.15, -0.1) is 0 Å². The van der Waals surface area contributed by atoms with Gasteiger partial charge in [0.1, 0.15) is 11.4 Å². The highest BCUT2D eigenvalue weighted by Crippen LogP contribution is 2.39. The maximum absolute atomic E-state index is 12.2. The van der Waals surface area contributed by atoms with Gasteiger partial charge in [-0.1, -0.05) is 6.92 Å². The van der Waals surface area contributed by atoms with Crippen molar-refractivity contribution < 1.29 is 23.8 Å². The maximum Gasteiger partial charge on any atom is 0.329 e. The zero-order chi connectivity index (χ0) is 15.7. The number of fused-ring (bicyclic) bond motifs is 1. The first-order valence-corrected chi connectivity index (χ1v) is 6.96. The van der Waals surface area contributed by atoms with Crippen molar-refractivity contribution in [2.45, 2.75) is 13.3 Å². The Hall–Kier alpha value is -2.70. The van der Waals surface area contributed by atoms with Gasteiger partial charge in [0.25, 0.3) is 5.91 Å². The molecule has 1 fully saturated rings. The van der Waals surface area contributed by atoms with Crippen LogP contribution < -0.4 is 19.5 Å². The maximum atomic E-state index is 12.2. The van der Waals surface area contributed by atoms with Crippen molar-refractivity contribution in [1.29, 1.82) is 0 Å². The van der Waals surface area contributed by atoms with E-state index in [4.69, 9.17) is 14.2 Å². The molecule has 116 valence electrons. The van der Waals surface area contributed by atoms with Crippen LogP contribution in [0.25, 0.3) is 6.08 Å². The van der Waals surface area contributed by atoms with Crippen LogP contribution in [-0.2, 0) is 4.79 Å². The minimum Gasteiger partial charge on any atom is -0.496 e. The van der Waals surface area contributed by atoms with Gasteiger partial charge in [-0.3, -0.25) is 9.69 Å². The zero-order valence-corrected chi connectivity index (χ0v) is 12.3. The second kappa shape index (κ2) is 5.59. The highest BCUT2D eigenvalue weighted by molar-refractivity contribution is 6.14. The fourth-order valence-corrected chi connectivity index (χ4v) is 2.38. The van der Waals surface area contributed by atoms with E-state index in [1.807, 2.05) is 6.92 Å². The predicted octanol–water partition coefficient (Wildman–Crippen LogP) is 1.73. The number of amides is 3. The molecule has 22 heavy (non-hydrogen) atoms. The van der Waals surface area contributed by atoms with Crippen LogP contribution in [0, 0.1) is 0 Å². The topological polar surface area (TPSA) is 77.1 Å². The second-order valence-electron chi connectivity index (χ2n) is 4.89. The SMILES string of the molecule is CCCN1C(=O)N/C(=C/c2cc3c(cc2OC)OCO3)C1=O. The quantitative estimate of drug-likeness (QED) is 0.677. The van der Waals surface area contributed by atoms with E-state index < -0.39 is 6.03 Å². The summed E-state index contributed by atoms with van der Waals surface area (Å²) in [6.07, 6.45) is 2.29. The van der Waals surface area contributed by atoms with Crippen molar-refractivity contribution in [2.75, 3.05) is 20.4 Å². The van der Waals surface area contributed by atoms with Crippen molar-refractivity contribution in [2.24, 2.45) is 0 Å². The molecule has 2 aliphatic rings. The van der Waals surface area contributed by atoms with Crippen molar-refractivity contribution in [1.82, 2.24) is 10.2 Å². The second-order valence-corrected chi connectivity index (χ2v) is 4.89. The first-order chi connectivity index (χ1) is 10.6. The Bertz CT molecular complexity index is 668. The average molecular weight is 304 g/mol. The minimum atomic E-state index is -0.405. The molecule has 1 N–H and O–H groups in total. The average Bonchev–Trinajstić information content (AvgIpc) is 3.06. The molecule has 1 aromatic rings. The van der Waals surface area contributed by atoms with Gasteiger partial charge < -0.3 is 19.5 Å². The van der Waals surface area contributed by atoms with Gasteiger partial charge in [-0.25, -0.2) is 4.79 Å². The Kier molecular flexibility index (Phi) is 3.62. The van der Waals surface area contributed by atoms with Gasteiger partial charge in [0.2, 0.25) is 6.79 Å². The molecule has 0 saturated carbocycles. The van der Waals surface area contributed by atoms with Crippen LogP contribution in [-0.4, -0.2) is 37.3 Å². The number of methoxy groups -OCH3 is 1. The summed E-state index contributed by atoms with van der Waals surface area (Å²) in [5.41, 5.74) is 0.851. The molecule has 0 aliphatic carbocycles. The summed E-state index contributed by atoms with van der Waals surface area (Å²) in [5.74, 6) is 1.36. The Morgan fingerprint density at radius 1 is 1.32 bits per heavy atom. The van der Waals surface area contributed by atoms with Crippen LogP contribution in [0.3, 0.4) is 0 Å². The molecule has 1 saturated heterocycles. The normalized spacial score (nSPS) is 18.1. The summed E-state index contributed by atoms with van der Waals surface area (Å²) >= 11 is 0. The summed E-state index contributed by atoms with van der Waals surface area (Å²) in [6.45, 7) is 2.45. The third-order valence-corrected chi connectivity index (χ3v) is 3.43. The number of urea groups is 1. The third-order valence-electron chi connectivity index (χ3n) is 3.43. The molecule has 0 radical (unpaired) electrons. The van der Waals surface area contributed by atoms with Crippen molar-refractivity contribution in [3.63, 3.8) is 0 Å². The largest absolute Gasteiger partial charge is 0.496 e. The molecule has 1 aromatic carbocycles. The third kappa shape index (κ3) is 2.34. The van der Waals surface area contributed by atoms with Crippen molar-refractivity contribution in [3.05, 3.63) is 23.4 Å². The Morgan fingerprint density at radius 2 is 2.05 bits per heavy atom. The Labute approximate surface area is 127 Å². The minimum absolute atomic E-state index is 0.151. The summed E-state index contributed by atoms with van der Waals surface area (Å²) in [6, 6.07) is 3.01. The lowest BCUT2D eigenvalue weighted by molar-refractivity contribution is -0.122. The highest BCUT2D eigenvalue weighted by Gasteiger charge is 2.33. The molecule has 0 bridgehead atoms. The standard InChI is InChI=1S/C15H16N2O5/c1-3-4-17-14(18)10(16-15(17)19)5-9-6-12-13(22-8-21-12)7-11(9)20-2/h5-7H,3-4,8H2,1-2H3,(H,16,19)/b10-5+. The number of hydrogen-bond donors (Lipinski definition) is 1. The number of carbonyl (C=O) groups is 2. The van der Waals surface area contributed by atoms with Crippen LogP contribution in [0.15, 0.2) is 17.8 Å². The van der Waals surface area contributed by atoms with Gasteiger partial charge in [0.15, 0.2) is 11.5 Å². The fraction of sp³-hybridized carbons (Fsp3) is 0.333. The molecule has 7 heteroatoms. The fourth-order valence-electron chi connectivity index (χ4n) is 2.38. The van der Waals surface area contributed by atoms with Crippen LogP contribution >= 0.6 is 0 Å². The number of rotatable bonds is 4. The van der Waals surface area contributed by atoms with Gasteiger partial charge in [0, 0.05) is 18.2 Å². The zero-order valence-electron chi connectivity index (χ0n) is 12.3. The highest BCUT2D eigenvalue weighted by atomic mass is 16.7. The smallest absolute Gasteiger partial charge is 0.329 e. The van der Waals surface area contributed by atoms with Crippen molar-refractivity contribution >= 4 is 18.0 Å². The van der Waals surface area contributed by atoms with Crippen LogP contribution in [0.4, 0.5) is 4.79 Å². The Morgan fingerprint density at radius 3 is 2.73 bits per heavy atom. The lowest BCUT2D eigenvalue weighted by atomic mass is 10.1. The molecule has 2 aliphatic heterocycles. The van der Waals surface area contributed by atoms with E-state index in [1.54, 1.807) is 18.2 Å². The van der Waals surface area contributed by atoms with E-state index in [0.29, 0.717) is 35.8 Å². The molecule has 0 aromatic heterocycles. The van der Waals surface area contributed by atoms with Crippen LogP contribution in [0.5, 0.6) is 17.2 Å². The van der Waals surface area contributed by atoms with E-state index in [2.05, 4.69) is 5.32 Å². The van der Waals surface area contributed by atoms with Gasteiger partial charge in [-0.05, 0) is 18.6 Å². The van der Waals surface area contributed by atoms with E-state index in [-0.39, 0.29) is 18.4 Å². The van der Waals surface area contributed by atoms with E-state index in [1.165, 1.54) is 12.0 Å². The number of nitrogens with zero attached hydrogens (tertiary/aromatic N) is 1. The molecule has 0 spiro atoms. The molecule has 2 heterocycles. The number of ether oxygens (including phenoxy) is 3. The summed E-state index contributed by atoms with van der Waals surface area (Å²) < 4.78 is 15.9. The van der Waals surface area contributed by atoms with Crippen LogP contribution in [0.2, 0.25) is 0 Å². The molecule has 0 unspecified atom stereocenters. The number of benzene rings is 1. The van der Waals surface area contributed by atoms with Gasteiger partial charge in [0.05, 0.1) is 7.11 Å². The number of carbonyl (C=O) groups excluding carboxylic acids is 2. The summed E-state index contributed by atoms with van der Waals surface area (Å²) in [4.78, 5) is 25.2. The lowest BCUT2D eigenvalue weighted by Crippen LogP contribution is -2.31. The van der Waals surface area contributed by atoms with E-state index in [0.717, 1.165) is 0 Å². The number of imide groups is 1. The predicted molar refractivity (Wildman–Crippen MR) is 77.6 cm³/mol. The first kappa shape index (κ1) is 14.2.